The van der Waals surface area contributed by atoms with Gasteiger partial charge in [-0.3, -0.25) is 4.79 Å². The number of hydrogen-bond acceptors (Lipinski definition) is 4. The quantitative estimate of drug-likeness (QED) is 0.691. The van der Waals surface area contributed by atoms with Crippen molar-refractivity contribution in [1.82, 2.24) is 15.3 Å². The van der Waals surface area contributed by atoms with Crippen LogP contribution in [0.4, 0.5) is 11.6 Å². The van der Waals surface area contributed by atoms with Crippen molar-refractivity contribution in [3.05, 3.63) is 47.3 Å². The summed E-state index contributed by atoms with van der Waals surface area (Å²) in [4.78, 5) is 21.3. The number of para-hydroxylation sites is 1. The maximum atomic E-state index is 12.5. The molecule has 1 heterocycles. The Balaban J connectivity index is 1.75. The standard InChI is InChI=1S/C23H32N4O/c1-15(2)19-11-8-12-20(16(3)4)21(19)27-23-24-13-17(14-25-23)22(28)26-18-9-6-5-7-10-18/h8,11-16,18H,5-7,9-10H2,1-4H3,(H,26,28)(H,24,25,27). The molecule has 5 nitrogen and oxygen atoms in total. The summed E-state index contributed by atoms with van der Waals surface area (Å²) < 4.78 is 0. The Hall–Kier alpha value is -2.43. The molecule has 1 aromatic heterocycles. The fourth-order valence-corrected chi connectivity index (χ4v) is 3.83. The summed E-state index contributed by atoms with van der Waals surface area (Å²) in [6.07, 6.45) is 9.01. The third-order valence-electron chi connectivity index (χ3n) is 5.46. The molecule has 0 bridgehead atoms. The van der Waals surface area contributed by atoms with Crippen molar-refractivity contribution in [1.29, 1.82) is 0 Å². The Bertz CT molecular complexity index is 766. The fraction of sp³-hybridized carbons (Fsp3) is 0.522. The number of benzene rings is 1. The van der Waals surface area contributed by atoms with E-state index in [9.17, 15) is 4.79 Å². The first-order valence-corrected chi connectivity index (χ1v) is 10.5. The van der Waals surface area contributed by atoms with E-state index in [1.807, 2.05) is 0 Å². The molecule has 1 aliphatic rings. The van der Waals surface area contributed by atoms with Crippen molar-refractivity contribution in [2.24, 2.45) is 0 Å². The lowest BCUT2D eigenvalue weighted by Gasteiger charge is -2.22. The maximum absolute atomic E-state index is 12.5. The molecule has 0 radical (unpaired) electrons. The number of carbonyl (C=O) groups is 1. The van der Waals surface area contributed by atoms with Crippen molar-refractivity contribution in [3.8, 4) is 0 Å². The fourth-order valence-electron chi connectivity index (χ4n) is 3.83. The largest absolute Gasteiger partial charge is 0.349 e. The lowest BCUT2D eigenvalue weighted by atomic mass is 9.93. The Morgan fingerprint density at radius 1 is 0.964 bits per heavy atom. The zero-order valence-electron chi connectivity index (χ0n) is 17.5. The van der Waals surface area contributed by atoms with Gasteiger partial charge in [0.25, 0.3) is 5.91 Å². The zero-order chi connectivity index (χ0) is 20.1. The third-order valence-corrected chi connectivity index (χ3v) is 5.46. The van der Waals surface area contributed by atoms with Crippen LogP contribution in [0.1, 0.15) is 93.1 Å². The highest BCUT2D eigenvalue weighted by Gasteiger charge is 2.18. The number of carbonyl (C=O) groups excluding carboxylic acids is 1. The number of anilines is 2. The molecule has 2 N–H and O–H groups in total. The monoisotopic (exact) mass is 380 g/mol. The first-order valence-electron chi connectivity index (χ1n) is 10.5. The van der Waals surface area contributed by atoms with Gasteiger partial charge in [0, 0.05) is 24.1 Å². The average Bonchev–Trinajstić information content (AvgIpc) is 2.69. The average molecular weight is 381 g/mol. The van der Waals surface area contributed by atoms with Gasteiger partial charge in [0.05, 0.1) is 5.56 Å². The normalized spacial score (nSPS) is 15.1. The molecule has 0 atom stereocenters. The van der Waals surface area contributed by atoms with E-state index < -0.39 is 0 Å². The molecule has 2 aromatic rings. The first-order chi connectivity index (χ1) is 13.5. The molecule has 0 spiro atoms. The summed E-state index contributed by atoms with van der Waals surface area (Å²) in [5.74, 6) is 1.22. The second-order valence-corrected chi connectivity index (χ2v) is 8.35. The van der Waals surface area contributed by atoms with E-state index in [0.717, 1.165) is 18.5 Å². The topological polar surface area (TPSA) is 66.9 Å². The highest BCUT2D eigenvalue weighted by atomic mass is 16.1. The molecule has 1 saturated carbocycles. The SMILES string of the molecule is CC(C)c1cccc(C(C)C)c1Nc1ncc(C(=O)NC2CCCCC2)cn1. The van der Waals surface area contributed by atoms with E-state index in [0.29, 0.717) is 23.3 Å². The molecule has 0 aliphatic heterocycles. The van der Waals surface area contributed by atoms with Gasteiger partial charge in [-0.2, -0.15) is 0 Å². The van der Waals surface area contributed by atoms with Gasteiger partial charge in [-0.05, 0) is 35.8 Å². The van der Waals surface area contributed by atoms with Gasteiger partial charge < -0.3 is 10.6 Å². The Morgan fingerprint density at radius 2 is 1.54 bits per heavy atom. The molecular weight excluding hydrogens is 348 g/mol. The summed E-state index contributed by atoms with van der Waals surface area (Å²) in [5.41, 5.74) is 4.08. The smallest absolute Gasteiger partial charge is 0.254 e. The minimum atomic E-state index is -0.0797. The van der Waals surface area contributed by atoms with Crippen LogP contribution in [-0.2, 0) is 0 Å². The van der Waals surface area contributed by atoms with Crippen molar-refractivity contribution in [3.63, 3.8) is 0 Å². The molecule has 1 amide bonds. The molecule has 1 aromatic carbocycles. The molecule has 1 aliphatic carbocycles. The number of aromatic nitrogens is 2. The van der Waals surface area contributed by atoms with Gasteiger partial charge in [-0.25, -0.2) is 9.97 Å². The van der Waals surface area contributed by atoms with Crippen LogP contribution in [0.2, 0.25) is 0 Å². The van der Waals surface area contributed by atoms with Crippen LogP contribution >= 0.6 is 0 Å². The summed E-state index contributed by atoms with van der Waals surface area (Å²) in [7, 11) is 0. The Kier molecular flexibility index (Phi) is 6.65. The van der Waals surface area contributed by atoms with Crippen molar-refractivity contribution in [2.75, 3.05) is 5.32 Å². The molecule has 1 fully saturated rings. The molecule has 0 unspecified atom stereocenters. The molecule has 28 heavy (non-hydrogen) atoms. The van der Waals surface area contributed by atoms with E-state index in [1.54, 1.807) is 12.4 Å². The lowest BCUT2D eigenvalue weighted by Crippen LogP contribution is -2.36. The van der Waals surface area contributed by atoms with E-state index >= 15 is 0 Å². The molecule has 0 saturated heterocycles. The number of nitrogens with one attached hydrogen (secondary N) is 2. The Labute approximate surface area is 168 Å². The van der Waals surface area contributed by atoms with Crippen LogP contribution in [0.15, 0.2) is 30.6 Å². The first kappa shape index (κ1) is 20.3. The minimum Gasteiger partial charge on any atom is -0.349 e. The summed E-state index contributed by atoms with van der Waals surface area (Å²) in [6.45, 7) is 8.74. The molecule has 150 valence electrons. The molecular formula is C23H32N4O. The molecule has 3 rings (SSSR count). The van der Waals surface area contributed by atoms with E-state index in [-0.39, 0.29) is 11.9 Å². The van der Waals surface area contributed by atoms with Crippen LogP contribution in [0, 0.1) is 0 Å². The predicted molar refractivity (Wildman–Crippen MR) is 114 cm³/mol. The summed E-state index contributed by atoms with van der Waals surface area (Å²) >= 11 is 0. The number of nitrogens with zero attached hydrogens (tertiary/aromatic N) is 2. The van der Waals surface area contributed by atoms with Gasteiger partial charge in [0.15, 0.2) is 0 Å². The van der Waals surface area contributed by atoms with Crippen molar-refractivity contribution in [2.45, 2.75) is 77.7 Å². The van der Waals surface area contributed by atoms with Crippen LogP contribution in [0.3, 0.4) is 0 Å². The Morgan fingerprint density at radius 3 is 2.07 bits per heavy atom. The number of amides is 1. The van der Waals surface area contributed by atoms with Crippen LogP contribution < -0.4 is 10.6 Å². The lowest BCUT2D eigenvalue weighted by molar-refractivity contribution is 0.0927. The van der Waals surface area contributed by atoms with Gasteiger partial charge in [0.2, 0.25) is 5.95 Å². The van der Waals surface area contributed by atoms with Crippen LogP contribution in [-0.4, -0.2) is 21.9 Å². The van der Waals surface area contributed by atoms with E-state index in [4.69, 9.17) is 0 Å². The van der Waals surface area contributed by atoms with Gasteiger partial charge in [0.1, 0.15) is 0 Å². The predicted octanol–water partition coefficient (Wildman–Crippen LogP) is 5.53. The van der Waals surface area contributed by atoms with E-state index in [2.05, 4.69) is 66.5 Å². The highest BCUT2D eigenvalue weighted by Crippen LogP contribution is 2.33. The minimum absolute atomic E-state index is 0.0797. The van der Waals surface area contributed by atoms with Crippen molar-refractivity contribution < 1.29 is 4.79 Å². The number of hydrogen-bond donors (Lipinski definition) is 2. The summed E-state index contributed by atoms with van der Waals surface area (Å²) in [5, 5.41) is 6.51. The van der Waals surface area contributed by atoms with Crippen molar-refractivity contribution >= 4 is 17.5 Å². The zero-order valence-corrected chi connectivity index (χ0v) is 17.5. The number of rotatable bonds is 6. The second-order valence-electron chi connectivity index (χ2n) is 8.35. The van der Waals surface area contributed by atoms with Gasteiger partial charge in [-0.15, -0.1) is 0 Å². The summed E-state index contributed by atoms with van der Waals surface area (Å²) in [6, 6.07) is 6.68. The van der Waals surface area contributed by atoms with Gasteiger partial charge >= 0.3 is 0 Å². The van der Waals surface area contributed by atoms with Crippen LogP contribution in [0.25, 0.3) is 0 Å². The van der Waals surface area contributed by atoms with Crippen LogP contribution in [0.5, 0.6) is 0 Å². The third kappa shape index (κ3) is 4.89. The molecule has 5 heteroatoms. The second kappa shape index (κ2) is 9.18. The van der Waals surface area contributed by atoms with E-state index in [1.165, 1.54) is 30.4 Å². The highest BCUT2D eigenvalue weighted by molar-refractivity contribution is 5.93. The van der Waals surface area contributed by atoms with Gasteiger partial charge in [-0.1, -0.05) is 65.2 Å². The maximum Gasteiger partial charge on any atom is 0.254 e.